The Balaban J connectivity index is 2.00. The molecule has 1 unspecified atom stereocenters. The maximum atomic E-state index is 9.51. The van der Waals surface area contributed by atoms with Crippen molar-refractivity contribution in [2.45, 2.75) is 12.5 Å². The molecule has 0 spiro atoms. The van der Waals surface area contributed by atoms with Gasteiger partial charge in [0, 0.05) is 13.7 Å². The molecule has 7 nitrogen and oxygen atoms in total. The Kier molecular flexibility index (Phi) is 4.29. The Hall–Kier alpha value is -1.44. The lowest BCUT2D eigenvalue weighted by molar-refractivity contribution is 0.0615. The highest BCUT2D eigenvalue weighted by Gasteiger charge is 2.09. The van der Waals surface area contributed by atoms with E-state index in [1.807, 2.05) is 0 Å². The second kappa shape index (κ2) is 5.94. The molecule has 0 aliphatic carbocycles. The molecule has 2 rings (SSSR count). The predicted molar refractivity (Wildman–Crippen MR) is 67.7 cm³/mol. The number of nitrogens with zero attached hydrogens (tertiary/aromatic N) is 3. The third kappa shape index (κ3) is 3.06. The largest absolute Gasteiger partial charge is 0.391 e. The van der Waals surface area contributed by atoms with Crippen LogP contribution < -0.4 is 5.32 Å². The lowest BCUT2D eigenvalue weighted by atomic mass is 10.2. The van der Waals surface area contributed by atoms with Crippen LogP contribution in [0.4, 0.5) is 5.82 Å². The number of ether oxygens (including phenoxy) is 1. The van der Waals surface area contributed by atoms with Crippen LogP contribution in [-0.2, 0) is 4.74 Å². The summed E-state index contributed by atoms with van der Waals surface area (Å²) in [7, 11) is 1.55. The van der Waals surface area contributed by atoms with Gasteiger partial charge in [-0.05, 0) is 18.0 Å². The molecule has 3 N–H and O–H groups in total. The summed E-state index contributed by atoms with van der Waals surface area (Å²) in [6, 6.07) is 0. The van der Waals surface area contributed by atoms with Crippen LogP contribution in [0.5, 0.6) is 0 Å². The van der Waals surface area contributed by atoms with Gasteiger partial charge in [-0.3, -0.25) is 5.10 Å². The van der Waals surface area contributed by atoms with E-state index in [0.29, 0.717) is 31.0 Å². The molecular formula is C10H14ClN5O2. The Morgan fingerprint density at radius 3 is 3.17 bits per heavy atom. The highest BCUT2D eigenvalue weighted by molar-refractivity contribution is 6.28. The third-order valence-electron chi connectivity index (χ3n) is 2.41. The summed E-state index contributed by atoms with van der Waals surface area (Å²) in [4.78, 5) is 8.08. The number of methoxy groups -OCH3 is 1. The van der Waals surface area contributed by atoms with Gasteiger partial charge >= 0.3 is 0 Å². The minimum Gasteiger partial charge on any atom is -0.391 e. The molecule has 0 aromatic carbocycles. The number of halogens is 1. The summed E-state index contributed by atoms with van der Waals surface area (Å²) in [5.74, 6) is 0.600. The standard InChI is InChI=1S/C10H14ClN5O2/c1-18-5-6(17)2-3-12-8-7-4-13-16-9(7)15-10(11)14-8/h4,6,17H,2-3,5H2,1H3,(H2,12,13,14,15,16). The number of aromatic amines is 1. The zero-order valence-corrected chi connectivity index (χ0v) is 10.6. The monoisotopic (exact) mass is 271 g/mol. The van der Waals surface area contributed by atoms with Crippen LogP contribution >= 0.6 is 11.6 Å². The maximum Gasteiger partial charge on any atom is 0.226 e. The number of hydrogen-bond acceptors (Lipinski definition) is 6. The molecule has 2 aromatic rings. The van der Waals surface area contributed by atoms with Gasteiger partial charge in [-0.2, -0.15) is 15.1 Å². The fourth-order valence-corrected chi connectivity index (χ4v) is 1.74. The van der Waals surface area contributed by atoms with Gasteiger partial charge in [-0.15, -0.1) is 0 Å². The Morgan fingerprint density at radius 1 is 1.56 bits per heavy atom. The topological polar surface area (TPSA) is 96.0 Å². The minimum absolute atomic E-state index is 0.145. The first-order valence-corrected chi connectivity index (χ1v) is 5.86. The molecule has 8 heteroatoms. The summed E-state index contributed by atoms with van der Waals surface area (Å²) in [5, 5.41) is 20.1. The zero-order valence-electron chi connectivity index (χ0n) is 9.85. The SMILES string of the molecule is COCC(O)CCNc1nc(Cl)nc2[nH]ncc12. The minimum atomic E-state index is -0.500. The van der Waals surface area contributed by atoms with E-state index in [9.17, 15) is 5.11 Å². The van der Waals surface area contributed by atoms with Gasteiger partial charge in [-0.1, -0.05) is 0 Å². The van der Waals surface area contributed by atoms with E-state index in [2.05, 4.69) is 25.5 Å². The molecular weight excluding hydrogens is 258 g/mol. The Bertz CT molecular complexity index is 518. The fourth-order valence-electron chi connectivity index (χ4n) is 1.58. The zero-order chi connectivity index (χ0) is 13.0. The van der Waals surface area contributed by atoms with Crippen molar-refractivity contribution >= 4 is 28.5 Å². The molecule has 2 heterocycles. The average molecular weight is 272 g/mol. The molecule has 2 aromatic heterocycles. The van der Waals surface area contributed by atoms with Crippen molar-refractivity contribution in [2.24, 2.45) is 0 Å². The van der Waals surface area contributed by atoms with Gasteiger partial charge in [-0.25, -0.2) is 0 Å². The number of aliphatic hydroxyl groups excluding tert-OH is 1. The number of fused-ring (bicyclic) bond motifs is 1. The normalized spacial score (nSPS) is 12.8. The second-order valence-electron chi connectivity index (χ2n) is 3.80. The lowest BCUT2D eigenvalue weighted by Crippen LogP contribution is -2.18. The Morgan fingerprint density at radius 2 is 2.39 bits per heavy atom. The van der Waals surface area contributed by atoms with Crippen LogP contribution in [0.3, 0.4) is 0 Å². The first-order valence-electron chi connectivity index (χ1n) is 5.48. The van der Waals surface area contributed by atoms with Crippen LogP contribution in [0.15, 0.2) is 6.20 Å². The van der Waals surface area contributed by atoms with Crippen molar-refractivity contribution in [3.63, 3.8) is 0 Å². The highest BCUT2D eigenvalue weighted by atomic mass is 35.5. The van der Waals surface area contributed by atoms with E-state index in [-0.39, 0.29) is 5.28 Å². The average Bonchev–Trinajstić information content (AvgIpc) is 2.77. The van der Waals surface area contributed by atoms with E-state index in [4.69, 9.17) is 16.3 Å². The van der Waals surface area contributed by atoms with Crippen molar-refractivity contribution < 1.29 is 9.84 Å². The van der Waals surface area contributed by atoms with E-state index >= 15 is 0 Å². The molecule has 0 aliphatic heterocycles. The van der Waals surface area contributed by atoms with Crippen molar-refractivity contribution in [3.05, 3.63) is 11.5 Å². The maximum absolute atomic E-state index is 9.51. The van der Waals surface area contributed by atoms with Gasteiger partial charge in [0.2, 0.25) is 5.28 Å². The van der Waals surface area contributed by atoms with Gasteiger partial charge in [0.05, 0.1) is 24.3 Å². The van der Waals surface area contributed by atoms with Crippen molar-refractivity contribution in [3.8, 4) is 0 Å². The van der Waals surface area contributed by atoms with Gasteiger partial charge in [0.15, 0.2) is 5.65 Å². The molecule has 0 bridgehead atoms. The van der Waals surface area contributed by atoms with E-state index < -0.39 is 6.10 Å². The van der Waals surface area contributed by atoms with Crippen LogP contribution in [0.2, 0.25) is 5.28 Å². The summed E-state index contributed by atoms with van der Waals surface area (Å²) in [6.45, 7) is 0.867. The van der Waals surface area contributed by atoms with Gasteiger partial charge in [0.25, 0.3) is 0 Å². The number of nitrogens with one attached hydrogen (secondary N) is 2. The molecule has 1 atom stereocenters. The summed E-state index contributed by atoms with van der Waals surface area (Å²) < 4.78 is 4.84. The fraction of sp³-hybridized carbons (Fsp3) is 0.500. The molecule has 0 saturated heterocycles. The van der Waals surface area contributed by atoms with Crippen LogP contribution in [0.25, 0.3) is 11.0 Å². The number of aromatic nitrogens is 4. The number of aliphatic hydroxyl groups is 1. The van der Waals surface area contributed by atoms with Crippen LogP contribution in [0.1, 0.15) is 6.42 Å². The van der Waals surface area contributed by atoms with Crippen LogP contribution in [-0.4, -0.2) is 51.6 Å². The molecule has 0 aliphatic rings. The first kappa shape index (κ1) is 13.0. The molecule has 0 fully saturated rings. The number of H-pyrrole nitrogens is 1. The number of rotatable bonds is 6. The van der Waals surface area contributed by atoms with Gasteiger partial charge < -0.3 is 15.2 Å². The molecule has 0 saturated carbocycles. The van der Waals surface area contributed by atoms with Crippen molar-refractivity contribution in [1.82, 2.24) is 20.2 Å². The molecule has 98 valence electrons. The summed E-state index contributed by atoms with van der Waals surface area (Å²) in [5.41, 5.74) is 0.579. The first-order chi connectivity index (χ1) is 8.70. The summed E-state index contributed by atoms with van der Waals surface area (Å²) in [6.07, 6.45) is 1.67. The second-order valence-corrected chi connectivity index (χ2v) is 4.14. The van der Waals surface area contributed by atoms with E-state index in [1.54, 1.807) is 13.3 Å². The smallest absolute Gasteiger partial charge is 0.226 e. The van der Waals surface area contributed by atoms with E-state index in [1.165, 1.54) is 0 Å². The number of anilines is 1. The molecule has 0 radical (unpaired) electrons. The summed E-state index contributed by atoms with van der Waals surface area (Å²) >= 11 is 5.79. The van der Waals surface area contributed by atoms with E-state index in [0.717, 1.165) is 5.39 Å². The quantitative estimate of drug-likeness (QED) is 0.673. The van der Waals surface area contributed by atoms with Crippen molar-refractivity contribution in [1.29, 1.82) is 0 Å². The third-order valence-corrected chi connectivity index (χ3v) is 2.58. The lowest BCUT2D eigenvalue weighted by Gasteiger charge is -2.10. The van der Waals surface area contributed by atoms with Gasteiger partial charge in [0.1, 0.15) is 5.82 Å². The molecule has 18 heavy (non-hydrogen) atoms. The Labute approximate surface area is 109 Å². The number of hydrogen-bond donors (Lipinski definition) is 3. The predicted octanol–water partition coefficient (Wildman–Crippen LogP) is 0.816. The van der Waals surface area contributed by atoms with Crippen molar-refractivity contribution in [2.75, 3.05) is 25.6 Å². The van der Waals surface area contributed by atoms with Crippen LogP contribution in [0, 0.1) is 0 Å². The highest BCUT2D eigenvalue weighted by Crippen LogP contribution is 2.19. The molecule has 0 amide bonds.